The van der Waals surface area contributed by atoms with Crippen LogP contribution in [0.4, 0.5) is 10.1 Å². The van der Waals surface area contributed by atoms with Gasteiger partial charge in [-0.2, -0.15) is 0 Å². The lowest BCUT2D eigenvalue weighted by atomic mass is 9.66. The van der Waals surface area contributed by atoms with E-state index in [1.807, 2.05) is 36.4 Å². The Bertz CT molecular complexity index is 1060. The number of nitrogens with zero attached hydrogens (tertiary/aromatic N) is 1. The van der Waals surface area contributed by atoms with Gasteiger partial charge in [-0.3, -0.25) is 4.98 Å². The first-order valence-electron chi connectivity index (χ1n) is 9.48. The fourth-order valence-electron chi connectivity index (χ4n) is 5.06. The van der Waals surface area contributed by atoms with Crippen molar-refractivity contribution < 1.29 is 9.13 Å². The molecule has 0 aliphatic carbocycles. The third-order valence-electron chi connectivity index (χ3n) is 6.25. The summed E-state index contributed by atoms with van der Waals surface area (Å²) in [6.45, 7) is 7.22. The molecule has 2 unspecified atom stereocenters. The quantitative estimate of drug-likeness (QED) is 0.638. The molecule has 27 heavy (non-hydrogen) atoms. The van der Waals surface area contributed by atoms with Gasteiger partial charge in [-0.05, 0) is 49.4 Å². The van der Waals surface area contributed by atoms with Crippen molar-refractivity contribution in [1.82, 2.24) is 4.98 Å². The predicted molar refractivity (Wildman–Crippen MR) is 107 cm³/mol. The Morgan fingerprint density at radius 3 is 2.81 bits per heavy atom. The van der Waals surface area contributed by atoms with Gasteiger partial charge in [0, 0.05) is 34.9 Å². The largest absolute Gasteiger partial charge is 0.377 e. The zero-order chi connectivity index (χ0) is 18.8. The van der Waals surface area contributed by atoms with Crippen molar-refractivity contribution in [3.05, 3.63) is 60.0 Å². The van der Waals surface area contributed by atoms with Crippen LogP contribution in [0.1, 0.15) is 32.8 Å². The highest BCUT2D eigenvalue weighted by Crippen LogP contribution is 2.51. The lowest BCUT2D eigenvalue weighted by Crippen LogP contribution is -2.56. The standard InChI is InChI=1S/C23H23FN2O/c1-22(2)21-23(3,9-11-27-21)17-12-16(18(24)13-19(17)26-22)20-15-7-5-4-6-14(15)8-10-25-20/h4-8,10,12-13,21,26H,9,11H2,1-3H3. The van der Waals surface area contributed by atoms with Crippen LogP contribution in [0.25, 0.3) is 22.0 Å². The summed E-state index contributed by atoms with van der Waals surface area (Å²) < 4.78 is 21.3. The Balaban J connectivity index is 1.76. The molecule has 2 aliphatic heterocycles. The lowest BCUT2D eigenvalue weighted by Gasteiger charge is -2.48. The Hall–Kier alpha value is -2.46. The van der Waals surface area contributed by atoms with Crippen molar-refractivity contribution in [2.75, 3.05) is 11.9 Å². The van der Waals surface area contributed by atoms with Crippen LogP contribution in [-0.4, -0.2) is 23.2 Å². The van der Waals surface area contributed by atoms with Gasteiger partial charge in [-0.1, -0.05) is 31.2 Å². The van der Waals surface area contributed by atoms with Crippen molar-refractivity contribution in [2.45, 2.75) is 44.2 Å². The van der Waals surface area contributed by atoms with Gasteiger partial charge < -0.3 is 10.1 Å². The smallest absolute Gasteiger partial charge is 0.134 e. The van der Waals surface area contributed by atoms with Crippen LogP contribution in [0, 0.1) is 5.82 Å². The molecule has 1 saturated heterocycles. The van der Waals surface area contributed by atoms with Gasteiger partial charge in [0.1, 0.15) is 5.82 Å². The molecule has 0 bridgehead atoms. The van der Waals surface area contributed by atoms with Crippen LogP contribution < -0.4 is 5.32 Å². The molecule has 3 aromatic rings. The normalized spacial score (nSPS) is 25.7. The molecule has 2 aliphatic rings. The zero-order valence-electron chi connectivity index (χ0n) is 15.8. The molecule has 138 valence electrons. The molecular formula is C23H23FN2O. The van der Waals surface area contributed by atoms with Crippen molar-refractivity contribution in [3.8, 4) is 11.3 Å². The first-order chi connectivity index (χ1) is 12.9. The molecule has 2 aromatic carbocycles. The van der Waals surface area contributed by atoms with E-state index in [1.165, 1.54) is 0 Å². The molecule has 0 spiro atoms. The van der Waals surface area contributed by atoms with Gasteiger partial charge in [0.15, 0.2) is 0 Å². The van der Waals surface area contributed by atoms with Gasteiger partial charge in [-0.25, -0.2) is 4.39 Å². The molecule has 0 amide bonds. The van der Waals surface area contributed by atoms with E-state index >= 15 is 4.39 Å². The Morgan fingerprint density at radius 1 is 1.15 bits per heavy atom. The molecule has 5 rings (SSSR count). The Morgan fingerprint density at radius 2 is 1.96 bits per heavy atom. The average Bonchev–Trinajstić information content (AvgIpc) is 3.05. The summed E-state index contributed by atoms with van der Waals surface area (Å²) in [5.41, 5.74) is 2.85. The summed E-state index contributed by atoms with van der Waals surface area (Å²) in [6.07, 6.45) is 2.74. The van der Waals surface area contributed by atoms with Crippen LogP contribution in [0.2, 0.25) is 0 Å². The lowest BCUT2D eigenvalue weighted by molar-refractivity contribution is 0.0352. The number of aromatic nitrogens is 1. The number of anilines is 1. The highest BCUT2D eigenvalue weighted by molar-refractivity contribution is 5.95. The number of pyridine rings is 1. The van der Waals surface area contributed by atoms with Crippen LogP contribution >= 0.6 is 0 Å². The predicted octanol–water partition coefficient (Wildman–Crippen LogP) is 5.29. The maximum atomic E-state index is 15.2. The topological polar surface area (TPSA) is 34.2 Å². The molecule has 4 heteroatoms. The van der Waals surface area contributed by atoms with E-state index in [4.69, 9.17) is 4.74 Å². The number of rotatable bonds is 1. The van der Waals surface area contributed by atoms with Crippen LogP contribution in [-0.2, 0) is 10.2 Å². The van der Waals surface area contributed by atoms with E-state index in [0.29, 0.717) is 11.3 Å². The van der Waals surface area contributed by atoms with Crippen LogP contribution in [0.3, 0.4) is 0 Å². The second kappa shape index (κ2) is 5.52. The number of nitrogens with one attached hydrogen (secondary N) is 1. The molecule has 0 saturated carbocycles. The minimum Gasteiger partial charge on any atom is -0.377 e. The highest BCUT2D eigenvalue weighted by Gasteiger charge is 2.53. The zero-order valence-corrected chi connectivity index (χ0v) is 15.8. The van der Waals surface area contributed by atoms with Crippen LogP contribution in [0.5, 0.6) is 0 Å². The van der Waals surface area contributed by atoms with Crippen LogP contribution in [0.15, 0.2) is 48.7 Å². The van der Waals surface area contributed by atoms with Gasteiger partial charge in [-0.15, -0.1) is 0 Å². The first kappa shape index (κ1) is 16.7. The summed E-state index contributed by atoms with van der Waals surface area (Å²) in [5.74, 6) is -0.248. The number of fused-ring (bicyclic) bond motifs is 4. The molecule has 3 nitrogen and oxygen atoms in total. The van der Waals surface area contributed by atoms with E-state index < -0.39 is 0 Å². The van der Waals surface area contributed by atoms with E-state index in [2.05, 4.69) is 31.1 Å². The molecule has 1 N–H and O–H groups in total. The van der Waals surface area contributed by atoms with Crippen molar-refractivity contribution >= 4 is 16.5 Å². The first-order valence-corrected chi connectivity index (χ1v) is 9.48. The number of hydrogen-bond acceptors (Lipinski definition) is 3. The second-order valence-corrected chi connectivity index (χ2v) is 8.52. The van der Waals surface area contributed by atoms with Gasteiger partial charge in [0.25, 0.3) is 0 Å². The fraction of sp³-hybridized carbons (Fsp3) is 0.348. The molecule has 1 aromatic heterocycles. The van der Waals surface area contributed by atoms with E-state index in [-0.39, 0.29) is 22.9 Å². The number of hydrogen-bond donors (Lipinski definition) is 1. The fourth-order valence-corrected chi connectivity index (χ4v) is 5.06. The summed E-state index contributed by atoms with van der Waals surface area (Å²) in [5, 5.41) is 5.53. The molecule has 3 heterocycles. The summed E-state index contributed by atoms with van der Waals surface area (Å²) in [7, 11) is 0. The maximum Gasteiger partial charge on any atom is 0.134 e. The highest BCUT2D eigenvalue weighted by atomic mass is 19.1. The van der Waals surface area contributed by atoms with Gasteiger partial charge in [0.2, 0.25) is 0 Å². The SMILES string of the molecule is CC1(C)Nc2cc(F)c(-c3nccc4ccccc34)cc2C2(C)CCOC12. The minimum atomic E-state index is -0.248. The third-order valence-corrected chi connectivity index (χ3v) is 6.25. The molecule has 2 atom stereocenters. The van der Waals surface area contributed by atoms with Crippen molar-refractivity contribution in [1.29, 1.82) is 0 Å². The molecular weight excluding hydrogens is 339 g/mol. The molecule has 0 radical (unpaired) electrons. The number of ether oxygens (including phenoxy) is 1. The molecule has 1 fully saturated rings. The minimum absolute atomic E-state index is 0.0521. The maximum absolute atomic E-state index is 15.2. The Kier molecular flexibility index (Phi) is 3.41. The van der Waals surface area contributed by atoms with E-state index in [1.54, 1.807) is 12.3 Å². The Labute approximate surface area is 158 Å². The van der Waals surface area contributed by atoms with Gasteiger partial charge >= 0.3 is 0 Å². The summed E-state index contributed by atoms with van der Waals surface area (Å²) in [4.78, 5) is 4.53. The third kappa shape index (κ3) is 2.32. The monoisotopic (exact) mass is 362 g/mol. The van der Waals surface area contributed by atoms with Gasteiger partial charge in [0.05, 0.1) is 17.3 Å². The second-order valence-electron chi connectivity index (χ2n) is 8.52. The average molecular weight is 362 g/mol. The number of halogens is 1. The van der Waals surface area contributed by atoms with E-state index in [9.17, 15) is 0 Å². The number of benzene rings is 2. The van der Waals surface area contributed by atoms with E-state index in [0.717, 1.165) is 35.1 Å². The summed E-state index contributed by atoms with van der Waals surface area (Å²) in [6, 6.07) is 13.6. The van der Waals surface area contributed by atoms with Crippen molar-refractivity contribution in [2.24, 2.45) is 0 Å². The van der Waals surface area contributed by atoms with Crippen molar-refractivity contribution in [3.63, 3.8) is 0 Å². The summed E-state index contributed by atoms with van der Waals surface area (Å²) >= 11 is 0.